The third-order valence-electron chi connectivity index (χ3n) is 3.31. The summed E-state index contributed by atoms with van der Waals surface area (Å²) in [5.41, 5.74) is 0. The minimum atomic E-state index is -4.12. The summed E-state index contributed by atoms with van der Waals surface area (Å²) < 4.78 is 43.8. The fourth-order valence-electron chi connectivity index (χ4n) is 2.43. The molecule has 2 rings (SSSR count). The highest BCUT2D eigenvalue weighted by molar-refractivity contribution is 9.10. The van der Waals surface area contributed by atoms with Gasteiger partial charge in [0.1, 0.15) is 5.75 Å². The molecule has 0 spiro atoms. The van der Waals surface area contributed by atoms with Crippen molar-refractivity contribution in [1.82, 2.24) is 4.90 Å². The van der Waals surface area contributed by atoms with Crippen molar-refractivity contribution >= 4 is 28.3 Å². The monoisotopic (exact) mass is 387 g/mol. The van der Waals surface area contributed by atoms with Crippen molar-refractivity contribution in [2.75, 3.05) is 26.2 Å². The van der Waals surface area contributed by atoms with E-state index in [-0.39, 0.29) is 18.3 Å². The van der Waals surface area contributed by atoms with E-state index in [0.29, 0.717) is 19.7 Å². The van der Waals surface area contributed by atoms with Gasteiger partial charge in [0.05, 0.1) is 13.2 Å². The van der Waals surface area contributed by atoms with Crippen molar-refractivity contribution in [2.24, 2.45) is 5.92 Å². The Morgan fingerprint density at radius 1 is 1.24 bits per heavy atom. The van der Waals surface area contributed by atoms with Gasteiger partial charge in [-0.1, -0.05) is 15.9 Å². The van der Waals surface area contributed by atoms with Gasteiger partial charge in [-0.2, -0.15) is 13.2 Å². The first-order valence-corrected chi connectivity index (χ1v) is 7.39. The topological polar surface area (TPSA) is 12.5 Å². The van der Waals surface area contributed by atoms with Crippen LogP contribution in [0.3, 0.4) is 0 Å². The van der Waals surface area contributed by atoms with E-state index < -0.39 is 12.7 Å². The molecule has 1 unspecified atom stereocenters. The van der Waals surface area contributed by atoms with Crippen molar-refractivity contribution in [3.63, 3.8) is 0 Å². The molecule has 21 heavy (non-hydrogen) atoms. The molecule has 0 amide bonds. The van der Waals surface area contributed by atoms with E-state index in [4.69, 9.17) is 4.74 Å². The Labute approximate surface area is 137 Å². The number of rotatable bonds is 4. The first kappa shape index (κ1) is 18.6. The molecule has 1 aliphatic rings. The summed E-state index contributed by atoms with van der Waals surface area (Å²) in [6.07, 6.45) is -2.40. The Morgan fingerprint density at radius 2 is 1.90 bits per heavy atom. The Hall–Kier alpha value is -0.460. The van der Waals surface area contributed by atoms with Crippen molar-refractivity contribution in [3.8, 4) is 5.75 Å². The summed E-state index contributed by atoms with van der Waals surface area (Å²) in [5.74, 6) is 0.913. The van der Waals surface area contributed by atoms with Crippen LogP contribution in [-0.2, 0) is 0 Å². The maximum absolute atomic E-state index is 12.4. The number of benzene rings is 1. The van der Waals surface area contributed by atoms with Gasteiger partial charge >= 0.3 is 6.18 Å². The number of halogens is 5. The number of ether oxygens (including phenoxy) is 1. The van der Waals surface area contributed by atoms with Crippen molar-refractivity contribution in [2.45, 2.75) is 19.0 Å². The fraction of sp³-hybridized carbons (Fsp3) is 0.571. The van der Waals surface area contributed by atoms with Crippen molar-refractivity contribution < 1.29 is 17.9 Å². The van der Waals surface area contributed by atoms with Crippen LogP contribution in [0.2, 0.25) is 0 Å². The maximum atomic E-state index is 12.4. The molecular formula is C14H18BrClF3NO. The zero-order valence-electron chi connectivity index (χ0n) is 11.4. The van der Waals surface area contributed by atoms with E-state index >= 15 is 0 Å². The molecule has 0 saturated carbocycles. The van der Waals surface area contributed by atoms with E-state index in [1.807, 2.05) is 24.3 Å². The molecule has 1 saturated heterocycles. The molecule has 1 aliphatic heterocycles. The second-order valence-corrected chi connectivity index (χ2v) is 6.04. The van der Waals surface area contributed by atoms with Gasteiger partial charge in [-0.15, -0.1) is 12.4 Å². The third kappa shape index (κ3) is 6.89. The summed E-state index contributed by atoms with van der Waals surface area (Å²) in [5, 5.41) is 0. The van der Waals surface area contributed by atoms with Crippen LogP contribution in [-0.4, -0.2) is 37.3 Å². The number of piperidine rings is 1. The second kappa shape index (κ2) is 8.25. The number of hydrogen-bond acceptors (Lipinski definition) is 2. The van der Waals surface area contributed by atoms with Gasteiger partial charge in [-0.05, 0) is 43.7 Å². The number of likely N-dealkylation sites (tertiary alicyclic amines) is 1. The van der Waals surface area contributed by atoms with Crippen LogP contribution in [0.4, 0.5) is 13.2 Å². The molecule has 1 aromatic rings. The van der Waals surface area contributed by atoms with Gasteiger partial charge in [0.15, 0.2) is 0 Å². The van der Waals surface area contributed by atoms with Crippen LogP contribution in [0.5, 0.6) is 5.75 Å². The fourth-order valence-corrected chi connectivity index (χ4v) is 2.69. The summed E-state index contributed by atoms with van der Waals surface area (Å²) in [7, 11) is 0. The molecule has 7 heteroatoms. The molecule has 1 heterocycles. The lowest BCUT2D eigenvalue weighted by Crippen LogP contribution is -2.42. The first-order valence-electron chi connectivity index (χ1n) is 6.60. The van der Waals surface area contributed by atoms with Crippen LogP contribution < -0.4 is 4.74 Å². The molecular weight excluding hydrogens is 371 g/mol. The van der Waals surface area contributed by atoms with Gasteiger partial charge in [0, 0.05) is 16.9 Å². The van der Waals surface area contributed by atoms with Gasteiger partial charge < -0.3 is 4.74 Å². The van der Waals surface area contributed by atoms with Crippen molar-refractivity contribution in [3.05, 3.63) is 28.7 Å². The zero-order valence-corrected chi connectivity index (χ0v) is 13.8. The van der Waals surface area contributed by atoms with E-state index in [0.717, 1.165) is 23.1 Å². The first-order chi connectivity index (χ1) is 9.42. The van der Waals surface area contributed by atoms with Crippen LogP contribution in [0.15, 0.2) is 28.7 Å². The van der Waals surface area contributed by atoms with Gasteiger partial charge in [-0.3, -0.25) is 4.90 Å². The molecule has 0 bridgehead atoms. The lowest BCUT2D eigenvalue weighted by atomic mass is 9.99. The third-order valence-corrected chi connectivity index (χ3v) is 3.83. The van der Waals surface area contributed by atoms with Crippen LogP contribution in [0, 0.1) is 5.92 Å². The highest BCUT2D eigenvalue weighted by atomic mass is 79.9. The normalized spacial score (nSPS) is 19.9. The summed E-state index contributed by atoms with van der Waals surface area (Å²) in [6.45, 7) is 0.627. The minimum absolute atomic E-state index is 0. The predicted octanol–water partition coefficient (Wildman–Crippen LogP) is 4.52. The molecule has 120 valence electrons. The van der Waals surface area contributed by atoms with Crippen molar-refractivity contribution in [1.29, 1.82) is 0 Å². The average molecular weight is 389 g/mol. The maximum Gasteiger partial charge on any atom is 0.401 e. The molecule has 0 aliphatic carbocycles. The quantitative estimate of drug-likeness (QED) is 0.752. The summed E-state index contributed by atoms with van der Waals surface area (Å²) in [4.78, 5) is 1.47. The molecule has 1 fully saturated rings. The number of hydrogen-bond donors (Lipinski definition) is 0. The second-order valence-electron chi connectivity index (χ2n) is 5.12. The van der Waals surface area contributed by atoms with E-state index in [2.05, 4.69) is 15.9 Å². The zero-order chi connectivity index (χ0) is 14.6. The molecule has 0 aromatic heterocycles. The van der Waals surface area contributed by atoms with Crippen LogP contribution in [0.25, 0.3) is 0 Å². The largest absolute Gasteiger partial charge is 0.493 e. The van der Waals surface area contributed by atoms with Gasteiger partial charge in [0.25, 0.3) is 0 Å². The summed E-state index contributed by atoms with van der Waals surface area (Å²) >= 11 is 3.34. The molecule has 0 radical (unpaired) electrons. The number of alkyl halides is 3. The minimum Gasteiger partial charge on any atom is -0.493 e. The average Bonchev–Trinajstić information content (AvgIpc) is 2.36. The predicted molar refractivity (Wildman–Crippen MR) is 82.1 cm³/mol. The Bertz CT molecular complexity index is 427. The molecule has 0 N–H and O–H groups in total. The van der Waals surface area contributed by atoms with Gasteiger partial charge in [0.2, 0.25) is 0 Å². The smallest absolute Gasteiger partial charge is 0.401 e. The lowest BCUT2D eigenvalue weighted by Gasteiger charge is -2.32. The molecule has 1 atom stereocenters. The SMILES string of the molecule is Cl.FC(F)(F)CN1CCCC(COc2ccc(Br)cc2)C1. The standard InChI is InChI=1S/C14H17BrF3NO.ClH/c15-12-3-5-13(6-4-12)20-9-11-2-1-7-19(8-11)10-14(16,17)18;/h3-6,11H,1-2,7-10H2;1H. The van der Waals surface area contributed by atoms with Gasteiger partial charge in [-0.25, -0.2) is 0 Å². The summed E-state index contributed by atoms with van der Waals surface area (Å²) in [6, 6.07) is 7.46. The van der Waals surface area contributed by atoms with E-state index in [9.17, 15) is 13.2 Å². The van der Waals surface area contributed by atoms with Crippen LogP contribution in [0.1, 0.15) is 12.8 Å². The highest BCUT2D eigenvalue weighted by Gasteiger charge is 2.33. The Kier molecular flexibility index (Phi) is 7.30. The highest BCUT2D eigenvalue weighted by Crippen LogP contribution is 2.23. The van der Waals surface area contributed by atoms with E-state index in [1.54, 1.807) is 0 Å². The van der Waals surface area contributed by atoms with Crippen LogP contribution >= 0.6 is 28.3 Å². The molecule has 2 nitrogen and oxygen atoms in total. The lowest BCUT2D eigenvalue weighted by molar-refractivity contribution is -0.149. The Morgan fingerprint density at radius 3 is 2.52 bits per heavy atom. The van der Waals surface area contributed by atoms with E-state index in [1.165, 1.54) is 4.90 Å². The Balaban J connectivity index is 0.00000220. The molecule has 1 aromatic carbocycles. The number of nitrogens with zero attached hydrogens (tertiary/aromatic N) is 1.